The fourth-order valence-electron chi connectivity index (χ4n) is 1.81. The van der Waals surface area contributed by atoms with Gasteiger partial charge in [0.2, 0.25) is 0 Å². The Balaban J connectivity index is 2.10. The van der Waals surface area contributed by atoms with Crippen LogP contribution in [-0.2, 0) is 4.79 Å². The van der Waals surface area contributed by atoms with E-state index in [4.69, 9.17) is 9.84 Å². The second-order valence-electron chi connectivity index (χ2n) is 4.60. The Morgan fingerprint density at radius 3 is 2.45 bits per heavy atom. The van der Waals surface area contributed by atoms with Gasteiger partial charge in [0, 0.05) is 0 Å². The molecule has 0 unspecified atom stereocenters. The van der Waals surface area contributed by atoms with Crippen molar-refractivity contribution in [3.8, 4) is 11.5 Å². The second kappa shape index (κ2) is 6.62. The molecule has 0 heterocycles. The van der Waals surface area contributed by atoms with Crippen molar-refractivity contribution in [1.29, 1.82) is 0 Å². The van der Waals surface area contributed by atoms with Gasteiger partial charge in [0.1, 0.15) is 11.5 Å². The van der Waals surface area contributed by atoms with Crippen molar-refractivity contribution in [1.82, 2.24) is 0 Å². The van der Waals surface area contributed by atoms with Crippen LogP contribution in [0.15, 0.2) is 48.5 Å². The first-order valence-corrected chi connectivity index (χ1v) is 6.56. The Kier molecular flexibility index (Phi) is 4.63. The van der Waals surface area contributed by atoms with Gasteiger partial charge in [0.05, 0.1) is 11.3 Å². The quantitative estimate of drug-likeness (QED) is 0.737. The van der Waals surface area contributed by atoms with E-state index in [-0.39, 0.29) is 17.0 Å². The van der Waals surface area contributed by atoms with E-state index in [1.165, 1.54) is 12.1 Å². The van der Waals surface area contributed by atoms with Gasteiger partial charge in [-0.05, 0) is 37.3 Å². The van der Waals surface area contributed by atoms with Crippen LogP contribution in [0, 0.1) is 0 Å². The number of phenols is 1. The van der Waals surface area contributed by atoms with Gasteiger partial charge in [-0.25, -0.2) is 4.79 Å². The van der Waals surface area contributed by atoms with Crippen molar-refractivity contribution in [3.05, 3.63) is 54.1 Å². The van der Waals surface area contributed by atoms with Crippen LogP contribution in [-0.4, -0.2) is 28.2 Å². The average Bonchev–Trinajstić information content (AvgIpc) is 2.49. The summed E-state index contributed by atoms with van der Waals surface area (Å²) < 4.78 is 5.46. The highest BCUT2D eigenvalue weighted by atomic mass is 16.5. The van der Waals surface area contributed by atoms with Gasteiger partial charge >= 0.3 is 5.97 Å². The number of hydrogen-bond acceptors (Lipinski definition) is 4. The predicted octanol–water partition coefficient (Wildman–Crippen LogP) is 2.50. The minimum atomic E-state index is -1.25. The van der Waals surface area contributed by atoms with E-state index < -0.39 is 18.0 Å². The van der Waals surface area contributed by atoms with E-state index in [1.54, 1.807) is 31.2 Å². The van der Waals surface area contributed by atoms with Gasteiger partial charge in [-0.2, -0.15) is 0 Å². The van der Waals surface area contributed by atoms with Crippen LogP contribution in [0.2, 0.25) is 0 Å². The zero-order chi connectivity index (χ0) is 16.1. The smallest absolute Gasteiger partial charge is 0.337 e. The molecule has 0 saturated heterocycles. The first-order valence-electron chi connectivity index (χ1n) is 6.56. The van der Waals surface area contributed by atoms with Crippen molar-refractivity contribution in [2.45, 2.75) is 13.0 Å². The number of rotatable bonds is 5. The molecule has 0 aromatic heterocycles. The molecule has 6 heteroatoms. The summed E-state index contributed by atoms with van der Waals surface area (Å²) >= 11 is 0. The van der Waals surface area contributed by atoms with Crippen molar-refractivity contribution in [2.75, 3.05) is 5.32 Å². The lowest BCUT2D eigenvalue weighted by atomic mass is 10.1. The highest BCUT2D eigenvalue weighted by Gasteiger charge is 2.18. The maximum Gasteiger partial charge on any atom is 0.337 e. The van der Waals surface area contributed by atoms with Gasteiger partial charge in [-0.1, -0.05) is 18.2 Å². The van der Waals surface area contributed by atoms with Crippen LogP contribution in [0.1, 0.15) is 17.3 Å². The summed E-state index contributed by atoms with van der Waals surface area (Å²) in [6, 6.07) is 12.5. The molecule has 2 aromatic rings. The second-order valence-corrected chi connectivity index (χ2v) is 4.60. The number of carbonyl (C=O) groups excluding carboxylic acids is 1. The molecule has 114 valence electrons. The van der Waals surface area contributed by atoms with Crippen molar-refractivity contribution in [3.63, 3.8) is 0 Å². The van der Waals surface area contributed by atoms with E-state index in [0.717, 1.165) is 6.07 Å². The number of carbonyl (C=O) groups is 2. The third-order valence-corrected chi connectivity index (χ3v) is 2.92. The Bertz CT molecular complexity index is 684. The van der Waals surface area contributed by atoms with Gasteiger partial charge in [-0.15, -0.1) is 0 Å². The largest absolute Gasteiger partial charge is 0.508 e. The number of para-hydroxylation sites is 1. The number of aromatic carboxylic acids is 1. The molecule has 3 N–H and O–H groups in total. The molecule has 0 radical (unpaired) electrons. The monoisotopic (exact) mass is 301 g/mol. The van der Waals surface area contributed by atoms with Gasteiger partial charge in [0.25, 0.3) is 5.91 Å². The number of aromatic hydroxyl groups is 1. The van der Waals surface area contributed by atoms with Gasteiger partial charge in [0.15, 0.2) is 6.10 Å². The number of carboxylic acid groups (broad SMARTS) is 1. The molecule has 2 aromatic carbocycles. The highest BCUT2D eigenvalue weighted by Crippen LogP contribution is 2.22. The third kappa shape index (κ3) is 3.76. The van der Waals surface area contributed by atoms with Crippen molar-refractivity contribution >= 4 is 17.6 Å². The number of phenolic OH excluding ortho intramolecular Hbond substituents is 1. The lowest BCUT2D eigenvalue weighted by Crippen LogP contribution is -2.30. The molecule has 0 fully saturated rings. The normalized spacial score (nSPS) is 11.5. The Morgan fingerprint density at radius 1 is 1.14 bits per heavy atom. The first-order chi connectivity index (χ1) is 10.5. The number of hydrogen-bond donors (Lipinski definition) is 3. The minimum absolute atomic E-state index is 0.0961. The first kappa shape index (κ1) is 15.4. The van der Waals surface area contributed by atoms with E-state index in [0.29, 0.717) is 5.75 Å². The number of benzene rings is 2. The molecule has 0 bridgehead atoms. The molecular weight excluding hydrogens is 286 g/mol. The lowest BCUT2D eigenvalue weighted by molar-refractivity contribution is -0.122. The summed E-state index contributed by atoms with van der Waals surface area (Å²) in [5.74, 6) is -1.39. The average molecular weight is 301 g/mol. The fourth-order valence-corrected chi connectivity index (χ4v) is 1.81. The Labute approximate surface area is 127 Å². The molecule has 6 nitrogen and oxygen atoms in total. The molecule has 0 aliphatic carbocycles. The lowest BCUT2D eigenvalue weighted by Gasteiger charge is -2.15. The van der Waals surface area contributed by atoms with E-state index in [2.05, 4.69) is 5.32 Å². The number of amides is 1. The number of nitrogens with one attached hydrogen (secondary N) is 1. The van der Waals surface area contributed by atoms with Crippen LogP contribution in [0.25, 0.3) is 0 Å². The zero-order valence-corrected chi connectivity index (χ0v) is 11.8. The highest BCUT2D eigenvalue weighted by molar-refractivity contribution is 6.02. The van der Waals surface area contributed by atoms with Crippen LogP contribution in [0.4, 0.5) is 5.69 Å². The van der Waals surface area contributed by atoms with E-state index in [1.807, 2.05) is 6.07 Å². The molecule has 1 amide bonds. The fraction of sp³-hybridized carbons (Fsp3) is 0.125. The SMILES string of the molecule is C[C@H](Oc1ccccc1)C(=O)Nc1ccc(O)cc1C(=O)O. The van der Waals surface area contributed by atoms with Crippen molar-refractivity contribution < 1.29 is 24.5 Å². The molecule has 0 aliphatic rings. The molecule has 1 atom stereocenters. The molecular formula is C16H15NO5. The molecule has 0 spiro atoms. The van der Waals surface area contributed by atoms with E-state index >= 15 is 0 Å². The maximum absolute atomic E-state index is 12.1. The summed E-state index contributed by atoms with van der Waals surface area (Å²) in [6.45, 7) is 1.56. The minimum Gasteiger partial charge on any atom is -0.508 e. The van der Waals surface area contributed by atoms with Crippen LogP contribution in [0.5, 0.6) is 11.5 Å². The van der Waals surface area contributed by atoms with Crippen molar-refractivity contribution in [2.24, 2.45) is 0 Å². The molecule has 2 rings (SSSR count). The summed E-state index contributed by atoms with van der Waals surface area (Å²) in [5.41, 5.74) is -0.0981. The summed E-state index contributed by atoms with van der Waals surface area (Å²) in [7, 11) is 0. The molecule has 0 saturated carbocycles. The standard InChI is InChI=1S/C16H15NO5/c1-10(22-12-5-3-2-4-6-12)15(19)17-14-8-7-11(18)9-13(14)16(20)21/h2-10,18H,1H3,(H,17,19)(H,20,21)/t10-/m0/s1. The number of carboxylic acids is 1. The summed E-state index contributed by atoms with van der Waals surface area (Å²) in [6.07, 6.45) is -0.808. The molecule has 0 aliphatic heterocycles. The topological polar surface area (TPSA) is 95.9 Å². The Morgan fingerprint density at radius 2 is 1.82 bits per heavy atom. The summed E-state index contributed by atoms with van der Waals surface area (Å²) in [5, 5.41) is 20.9. The number of ether oxygens (including phenoxy) is 1. The number of anilines is 1. The predicted molar refractivity (Wildman–Crippen MR) is 80.2 cm³/mol. The zero-order valence-electron chi connectivity index (χ0n) is 11.8. The van der Waals surface area contributed by atoms with Crippen LogP contribution >= 0.6 is 0 Å². The van der Waals surface area contributed by atoms with E-state index in [9.17, 15) is 14.7 Å². The van der Waals surface area contributed by atoms with Gasteiger partial charge < -0.3 is 20.3 Å². The molecule has 22 heavy (non-hydrogen) atoms. The maximum atomic E-state index is 12.1. The summed E-state index contributed by atoms with van der Waals surface area (Å²) in [4.78, 5) is 23.2. The van der Waals surface area contributed by atoms with Crippen LogP contribution < -0.4 is 10.1 Å². The van der Waals surface area contributed by atoms with Crippen LogP contribution in [0.3, 0.4) is 0 Å². The van der Waals surface area contributed by atoms with Gasteiger partial charge in [-0.3, -0.25) is 4.79 Å². The Hall–Kier alpha value is -3.02. The third-order valence-electron chi connectivity index (χ3n) is 2.92.